The van der Waals surface area contributed by atoms with Crippen LogP contribution in [0.4, 0.5) is 0 Å². The molecule has 1 N–H and O–H groups in total. The molecule has 16 heavy (non-hydrogen) atoms. The van der Waals surface area contributed by atoms with Gasteiger partial charge in [-0.25, -0.2) is 0 Å². The lowest BCUT2D eigenvalue weighted by Gasteiger charge is -2.24. The molecule has 2 aliphatic rings. The van der Waals surface area contributed by atoms with Crippen molar-refractivity contribution in [2.24, 2.45) is 5.92 Å². The molecule has 1 aliphatic carbocycles. The van der Waals surface area contributed by atoms with Gasteiger partial charge in [0.25, 0.3) is 0 Å². The van der Waals surface area contributed by atoms with Gasteiger partial charge in [0.2, 0.25) is 0 Å². The molecule has 2 nitrogen and oxygen atoms in total. The largest absolute Gasteiger partial charge is 0.315 e. The molecule has 1 unspecified atom stereocenters. The van der Waals surface area contributed by atoms with Gasteiger partial charge >= 0.3 is 0 Å². The monoisotopic (exact) mass is 246 g/mol. The Balaban J connectivity index is 0.00000128. The maximum absolute atomic E-state index is 3.69. The van der Waals surface area contributed by atoms with Crippen molar-refractivity contribution in [2.75, 3.05) is 26.7 Å². The van der Waals surface area contributed by atoms with Crippen LogP contribution in [0, 0.1) is 5.92 Å². The Morgan fingerprint density at radius 1 is 1.00 bits per heavy atom. The Hall–Kier alpha value is 0.210. The van der Waals surface area contributed by atoms with Crippen LogP contribution in [0.1, 0.15) is 44.9 Å². The Labute approximate surface area is 107 Å². The van der Waals surface area contributed by atoms with E-state index in [0.717, 1.165) is 12.0 Å². The van der Waals surface area contributed by atoms with Crippen molar-refractivity contribution in [2.45, 2.75) is 51.0 Å². The molecule has 2 rings (SSSR count). The molecule has 0 amide bonds. The fourth-order valence-corrected chi connectivity index (χ4v) is 3.08. The molecule has 1 atom stereocenters. The van der Waals surface area contributed by atoms with Gasteiger partial charge in [0, 0.05) is 12.6 Å². The third-order valence-corrected chi connectivity index (χ3v) is 4.21. The lowest BCUT2D eigenvalue weighted by atomic mass is 9.89. The average Bonchev–Trinajstić information content (AvgIpc) is 2.66. The van der Waals surface area contributed by atoms with Crippen molar-refractivity contribution in [3.05, 3.63) is 0 Å². The van der Waals surface area contributed by atoms with Gasteiger partial charge in [-0.05, 0) is 51.7 Å². The highest BCUT2D eigenvalue weighted by atomic mass is 35.5. The summed E-state index contributed by atoms with van der Waals surface area (Å²) in [6.45, 7) is 3.78. The molecular weight excluding hydrogens is 220 g/mol. The van der Waals surface area contributed by atoms with Gasteiger partial charge < -0.3 is 10.2 Å². The van der Waals surface area contributed by atoms with Crippen LogP contribution in [0.25, 0.3) is 0 Å². The Morgan fingerprint density at radius 3 is 2.38 bits per heavy atom. The van der Waals surface area contributed by atoms with E-state index in [-0.39, 0.29) is 12.4 Å². The molecule has 0 aromatic carbocycles. The normalized spacial score (nSPS) is 27.9. The number of hydrogen-bond acceptors (Lipinski definition) is 2. The number of likely N-dealkylation sites (tertiary alicyclic amines) is 1. The molecule has 1 heterocycles. The summed E-state index contributed by atoms with van der Waals surface area (Å²) < 4.78 is 0. The van der Waals surface area contributed by atoms with Gasteiger partial charge in [0.05, 0.1) is 0 Å². The van der Waals surface area contributed by atoms with Crippen LogP contribution in [0.15, 0.2) is 0 Å². The van der Waals surface area contributed by atoms with E-state index in [1.807, 2.05) is 0 Å². The number of nitrogens with zero attached hydrogens (tertiary/aromatic N) is 1. The molecule has 0 radical (unpaired) electrons. The SMILES string of the molecule is CN1CCCC1CNCC1CCCCC1.Cl. The first kappa shape index (κ1) is 14.3. The van der Waals surface area contributed by atoms with Gasteiger partial charge in [-0.1, -0.05) is 19.3 Å². The Morgan fingerprint density at radius 2 is 1.75 bits per heavy atom. The maximum Gasteiger partial charge on any atom is 0.0218 e. The number of nitrogens with one attached hydrogen (secondary N) is 1. The van der Waals surface area contributed by atoms with Gasteiger partial charge in [-0.2, -0.15) is 0 Å². The van der Waals surface area contributed by atoms with Gasteiger partial charge in [0.1, 0.15) is 0 Å². The standard InChI is InChI=1S/C13H26N2.ClH/c1-15-9-5-8-13(15)11-14-10-12-6-3-2-4-7-12;/h12-14H,2-11H2,1H3;1H. The lowest BCUT2D eigenvalue weighted by molar-refractivity contribution is 0.283. The van der Waals surface area contributed by atoms with Crippen molar-refractivity contribution in [3.63, 3.8) is 0 Å². The van der Waals surface area contributed by atoms with Gasteiger partial charge in [0.15, 0.2) is 0 Å². The summed E-state index contributed by atoms with van der Waals surface area (Å²) in [5, 5.41) is 3.69. The van der Waals surface area contributed by atoms with E-state index in [0.29, 0.717) is 0 Å². The zero-order valence-electron chi connectivity index (χ0n) is 10.6. The quantitative estimate of drug-likeness (QED) is 0.821. The van der Waals surface area contributed by atoms with Crippen LogP contribution in [0.3, 0.4) is 0 Å². The number of rotatable bonds is 4. The van der Waals surface area contributed by atoms with Crippen LogP contribution >= 0.6 is 12.4 Å². The van der Waals surface area contributed by atoms with E-state index in [9.17, 15) is 0 Å². The highest BCUT2D eigenvalue weighted by molar-refractivity contribution is 5.85. The topological polar surface area (TPSA) is 15.3 Å². The summed E-state index contributed by atoms with van der Waals surface area (Å²) in [6, 6.07) is 0.814. The number of halogens is 1. The number of likely N-dealkylation sites (N-methyl/N-ethyl adjacent to an activating group) is 1. The summed E-state index contributed by atoms with van der Waals surface area (Å²) in [5.41, 5.74) is 0. The van der Waals surface area contributed by atoms with E-state index >= 15 is 0 Å². The van der Waals surface area contributed by atoms with E-state index < -0.39 is 0 Å². The third kappa shape index (κ3) is 4.23. The van der Waals surface area contributed by atoms with Crippen molar-refractivity contribution in [1.82, 2.24) is 10.2 Å². The van der Waals surface area contributed by atoms with Crippen molar-refractivity contribution in [3.8, 4) is 0 Å². The van der Waals surface area contributed by atoms with Crippen LogP contribution < -0.4 is 5.32 Å². The molecule has 3 heteroatoms. The fraction of sp³-hybridized carbons (Fsp3) is 1.00. The van der Waals surface area contributed by atoms with E-state index in [2.05, 4.69) is 17.3 Å². The summed E-state index contributed by atoms with van der Waals surface area (Å²) in [4.78, 5) is 2.51. The zero-order chi connectivity index (χ0) is 10.5. The molecule has 1 saturated heterocycles. The molecule has 2 fully saturated rings. The summed E-state index contributed by atoms with van der Waals surface area (Å²) >= 11 is 0. The minimum Gasteiger partial charge on any atom is -0.315 e. The zero-order valence-corrected chi connectivity index (χ0v) is 11.4. The molecule has 96 valence electrons. The third-order valence-electron chi connectivity index (χ3n) is 4.21. The predicted octanol–water partition coefficient (Wildman–Crippen LogP) is 2.67. The first-order valence-electron chi connectivity index (χ1n) is 6.77. The fourth-order valence-electron chi connectivity index (χ4n) is 3.08. The van der Waals surface area contributed by atoms with Crippen molar-refractivity contribution in [1.29, 1.82) is 0 Å². The summed E-state index contributed by atoms with van der Waals surface area (Å²) in [7, 11) is 2.26. The van der Waals surface area contributed by atoms with E-state index in [1.54, 1.807) is 0 Å². The maximum atomic E-state index is 3.69. The van der Waals surface area contributed by atoms with E-state index in [1.165, 1.54) is 64.6 Å². The van der Waals surface area contributed by atoms with E-state index in [4.69, 9.17) is 0 Å². The van der Waals surface area contributed by atoms with Crippen molar-refractivity contribution < 1.29 is 0 Å². The minimum absolute atomic E-state index is 0. The first-order chi connectivity index (χ1) is 7.36. The average molecular weight is 247 g/mol. The molecule has 0 bridgehead atoms. The molecule has 0 aromatic rings. The summed E-state index contributed by atoms with van der Waals surface area (Å²) in [5.74, 6) is 0.977. The smallest absolute Gasteiger partial charge is 0.0218 e. The highest BCUT2D eigenvalue weighted by Crippen LogP contribution is 2.22. The minimum atomic E-state index is 0. The molecular formula is C13H27ClN2. The Kier molecular flexibility index (Phi) is 6.71. The van der Waals surface area contributed by atoms with Gasteiger partial charge in [-0.15, -0.1) is 12.4 Å². The van der Waals surface area contributed by atoms with Crippen LogP contribution in [0.5, 0.6) is 0 Å². The van der Waals surface area contributed by atoms with Crippen LogP contribution in [0.2, 0.25) is 0 Å². The second-order valence-corrected chi connectivity index (χ2v) is 5.44. The molecule has 1 saturated carbocycles. The predicted molar refractivity (Wildman–Crippen MR) is 72.3 cm³/mol. The van der Waals surface area contributed by atoms with Crippen molar-refractivity contribution >= 4 is 12.4 Å². The molecule has 0 aromatic heterocycles. The van der Waals surface area contributed by atoms with Crippen LogP contribution in [-0.4, -0.2) is 37.6 Å². The number of hydrogen-bond donors (Lipinski definition) is 1. The first-order valence-corrected chi connectivity index (χ1v) is 6.77. The highest BCUT2D eigenvalue weighted by Gasteiger charge is 2.20. The lowest BCUT2D eigenvalue weighted by Crippen LogP contribution is -2.37. The molecule has 1 aliphatic heterocycles. The second-order valence-electron chi connectivity index (χ2n) is 5.44. The molecule has 0 spiro atoms. The summed E-state index contributed by atoms with van der Waals surface area (Å²) in [6.07, 6.45) is 10.1. The van der Waals surface area contributed by atoms with Gasteiger partial charge in [-0.3, -0.25) is 0 Å². The Bertz CT molecular complexity index is 181. The second kappa shape index (κ2) is 7.52. The van der Waals surface area contributed by atoms with Crippen LogP contribution in [-0.2, 0) is 0 Å².